The molecule has 0 bridgehead atoms. The first-order valence-corrected chi connectivity index (χ1v) is 8.84. The third-order valence-corrected chi connectivity index (χ3v) is 4.56. The Morgan fingerprint density at radius 3 is 2.30 bits per heavy atom. The Morgan fingerprint density at radius 2 is 1.67 bits per heavy atom. The molecule has 0 aliphatic heterocycles. The average molecular weight is 358 g/mol. The topological polar surface area (TPSA) is 70.7 Å². The molecule has 0 atom stereocenters. The van der Waals surface area contributed by atoms with Crippen molar-refractivity contribution in [3.8, 4) is 6.07 Å². The fourth-order valence-electron chi connectivity index (χ4n) is 3.04. The molecule has 1 amide bonds. The molecule has 2 aromatic carbocycles. The summed E-state index contributed by atoms with van der Waals surface area (Å²) >= 11 is 0. The van der Waals surface area contributed by atoms with Gasteiger partial charge in [0.25, 0.3) is 5.91 Å². The van der Waals surface area contributed by atoms with E-state index in [0.29, 0.717) is 29.9 Å². The van der Waals surface area contributed by atoms with Gasteiger partial charge in [-0.05, 0) is 44.0 Å². The smallest absolute Gasteiger partial charge is 0.259 e. The van der Waals surface area contributed by atoms with Crippen LogP contribution in [0.25, 0.3) is 0 Å². The summed E-state index contributed by atoms with van der Waals surface area (Å²) in [6.07, 6.45) is 0.359. The number of anilines is 1. The lowest BCUT2D eigenvalue weighted by atomic mass is 10.1. The highest BCUT2D eigenvalue weighted by atomic mass is 16.1. The van der Waals surface area contributed by atoms with Crippen molar-refractivity contribution in [3.63, 3.8) is 0 Å². The molecule has 0 aliphatic rings. The Labute approximate surface area is 159 Å². The Morgan fingerprint density at radius 1 is 1.04 bits per heavy atom. The maximum atomic E-state index is 12.8. The molecule has 0 aliphatic carbocycles. The second-order valence-corrected chi connectivity index (χ2v) is 6.68. The van der Waals surface area contributed by atoms with Gasteiger partial charge in [-0.3, -0.25) is 9.48 Å². The van der Waals surface area contributed by atoms with E-state index in [-0.39, 0.29) is 5.91 Å². The van der Waals surface area contributed by atoms with E-state index in [4.69, 9.17) is 5.26 Å². The van der Waals surface area contributed by atoms with Crippen LogP contribution in [0.3, 0.4) is 0 Å². The van der Waals surface area contributed by atoms with Gasteiger partial charge in [-0.2, -0.15) is 10.4 Å². The monoisotopic (exact) mass is 358 g/mol. The van der Waals surface area contributed by atoms with Gasteiger partial charge < -0.3 is 5.32 Å². The van der Waals surface area contributed by atoms with E-state index in [1.165, 1.54) is 5.56 Å². The predicted molar refractivity (Wildman–Crippen MR) is 106 cm³/mol. The number of carbonyl (C=O) groups excluding carboxylic acids is 1. The fraction of sp³-hybridized carbons (Fsp3) is 0.227. The molecule has 0 radical (unpaired) electrons. The number of hydrogen-bond donors (Lipinski definition) is 1. The molecular formula is C22H22N4O. The number of rotatable bonds is 5. The minimum absolute atomic E-state index is 0.173. The molecule has 5 nitrogen and oxygen atoms in total. The quantitative estimate of drug-likeness (QED) is 0.744. The van der Waals surface area contributed by atoms with E-state index in [1.807, 2.05) is 42.8 Å². The van der Waals surface area contributed by atoms with Crippen LogP contribution in [0.2, 0.25) is 0 Å². The Hall–Kier alpha value is -3.39. The summed E-state index contributed by atoms with van der Waals surface area (Å²) in [5.74, 6) is -0.173. The summed E-state index contributed by atoms with van der Waals surface area (Å²) in [4.78, 5) is 12.8. The molecule has 5 heteroatoms. The van der Waals surface area contributed by atoms with Crippen molar-refractivity contribution in [2.75, 3.05) is 5.32 Å². The van der Waals surface area contributed by atoms with Crippen LogP contribution in [-0.2, 0) is 13.0 Å². The summed E-state index contributed by atoms with van der Waals surface area (Å²) in [6.45, 7) is 6.45. The zero-order chi connectivity index (χ0) is 19.4. The largest absolute Gasteiger partial charge is 0.322 e. The fourth-order valence-corrected chi connectivity index (χ4v) is 3.04. The number of aromatic nitrogens is 2. The molecule has 27 heavy (non-hydrogen) atoms. The van der Waals surface area contributed by atoms with Gasteiger partial charge in [0.05, 0.1) is 30.3 Å². The lowest BCUT2D eigenvalue weighted by Gasteiger charge is -2.08. The number of hydrogen-bond acceptors (Lipinski definition) is 3. The number of carbonyl (C=O) groups is 1. The van der Waals surface area contributed by atoms with Crippen LogP contribution >= 0.6 is 0 Å². The molecule has 0 unspecified atom stereocenters. The highest BCUT2D eigenvalue weighted by molar-refractivity contribution is 6.05. The van der Waals surface area contributed by atoms with Crippen molar-refractivity contribution >= 4 is 11.6 Å². The minimum atomic E-state index is -0.173. The first-order chi connectivity index (χ1) is 13.0. The van der Waals surface area contributed by atoms with Gasteiger partial charge in [0, 0.05) is 11.4 Å². The number of amides is 1. The number of benzene rings is 2. The molecule has 0 fully saturated rings. The van der Waals surface area contributed by atoms with Gasteiger partial charge in [-0.25, -0.2) is 0 Å². The first kappa shape index (κ1) is 18.4. The maximum absolute atomic E-state index is 12.8. The Kier molecular flexibility index (Phi) is 5.37. The first-order valence-electron chi connectivity index (χ1n) is 8.84. The standard InChI is InChI=1S/C22H22N4O/c1-15-4-6-19(7-5-15)14-26-17(3)21(16(2)25-26)22(27)24-20-10-8-18(9-11-20)12-13-23/h4-11H,12,14H2,1-3H3,(H,24,27). The minimum Gasteiger partial charge on any atom is -0.322 e. The van der Waals surface area contributed by atoms with Crippen LogP contribution < -0.4 is 5.32 Å². The molecule has 1 N–H and O–H groups in total. The summed E-state index contributed by atoms with van der Waals surface area (Å²) in [7, 11) is 0. The Balaban J connectivity index is 1.77. The molecule has 1 aromatic heterocycles. The number of nitriles is 1. The van der Waals surface area contributed by atoms with Crippen LogP contribution in [0.5, 0.6) is 0 Å². The van der Waals surface area contributed by atoms with Crippen molar-refractivity contribution in [2.24, 2.45) is 0 Å². The normalized spacial score (nSPS) is 10.4. The van der Waals surface area contributed by atoms with Gasteiger partial charge in [-0.1, -0.05) is 42.0 Å². The Bertz CT molecular complexity index is 993. The molecule has 136 valence electrons. The van der Waals surface area contributed by atoms with Crippen molar-refractivity contribution in [2.45, 2.75) is 33.7 Å². The van der Waals surface area contributed by atoms with Gasteiger partial charge in [0.1, 0.15) is 0 Å². The van der Waals surface area contributed by atoms with E-state index in [2.05, 4.69) is 47.7 Å². The van der Waals surface area contributed by atoms with Gasteiger partial charge in [0.15, 0.2) is 0 Å². The zero-order valence-electron chi connectivity index (χ0n) is 15.8. The van der Waals surface area contributed by atoms with E-state index in [1.54, 1.807) is 0 Å². The van der Waals surface area contributed by atoms with Crippen LogP contribution in [0.15, 0.2) is 48.5 Å². The molecule has 1 heterocycles. The zero-order valence-corrected chi connectivity index (χ0v) is 15.8. The molecule has 0 spiro atoms. The van der Waals surface area contributed by atoms with Gasteiger partial charge in [-0.15, -0.1) is 0 Å². The van der Waals surface area contributed by atoms with E-state index in [0.717, 1.165) is 16.8 Å². The van der Waals surface area contributed by atoms with Crippen LogP contribution in [0, 0.1) is 32.1 Å². The highest BCUT2D eigenvalue weighted by Crippen LogP contribution is 2.18. The second-order valence-electron chi connectivity index (χ2n) is 6.68. The predicted octanol–water partition coefficient (Wildman–Crippen LogP) is 4.18. The van der Waals surface area contributed by atoms with Crippen LogP contribution in [0.4, 0.5) is 5.69 Å². The molecule has 0 saturated heterocycles. The summed E-state index contributed by atoms with van der Waals surface area (Å²) in [5, 5.41) is 16.2. The third-order valence-electron chi connectivity index (χ3n) is 4.56. The van der Waals surface area contributed by atoms with Crippen LogP contribution in [0.1, 0.15) is 38.4 Å². The molecule has 3 aromatic rings. The van der Waals surface area contributed by atoms with E-state index < -0.39 is 0 Å². The number of nitrogens with one attached hydrogen (secondary N) is 1. The lowest BCUT2D eigenvalue weighted by Crippen LogP contribution is -2.14. The second kappa shape index (κ2) is 7.88. The maximum Gasteiger partial charge on any atom is 0.259 e. The molecular weight excluding hydrogens is 336 g/mol. The van der Waals surface area contributed by atoms with Gasteiger partial charge >= 0.3 is 0 Å². The summed E-state index contributed by atoms with van der Waals surface area (Å²) in [5.41, 5.74) is 6.13. The van der Waals surface area contributed by atoms with Crippen LogP contribution in [-0.4, -0.2) is 15.7 Å². The van der Waals surface area contributed by atoms with Crippen molar-refractivity contribution < 1.29 is 4.79 Å². The molecule has 0 saturated carbocycles. The van der Waals surface area contributed by atoms with Crippen molar-refractivity contribution in [1.29, 1.82) is 5.26 Å². The number of nitrogens with zero attached hydrogens (tertiary/aromatic N) is 3. The lowest BCUT2D eigenvalue weighted by molar-refractivity contribution is 0.102. The highest BCUT2D eigenvalue weighted by Gasteiger charge is 2.19. The third kappa shape index (κ3) is 4.24. The van der Waals surface area contributed by atoms with E-state index in [9.17, 15) is 4.79 Å². The van der Waals surface area contributed by atoms with E-state index >= 15 is 0 Å². The van der Waals surface area contributed by atoms with Crippen molar-refractivity contribution in [1.82, 2.24) is 9.78 Å². The SMILES string of the molecule is Cc1ccc(Cn2nc(C)c(C(=O)Nc3ccc(CC#N)cc3)c2C)cc1. The van der Waals surface area contributed by atoms with Gasteiger partial charge in [0.2, 0.25) is 0 Å². The molecule has 3 rings (SSSR count). The summed E-state index contributed by atoms with van der Waals surface area (Å²) < 4.78 is 1.87. The average Bonchev–Trinajstić information content (AvgIpc) is 2.92. The number of aryl methyl sites for hydroxylation is 2. The summed E-state index contributed by atoms with van der Waals surface area (Å²) in [6, 6.07) is 17.7. The van der Waals surface area contributed by atoms with Crippen molar-refractivity contribution in [3.05, 3.63) is 82.2 Å².